The first-order valence-corrected chi connectivity index (χ1v) is 15.2. The first-order valence-electron chi connectivity index (χ1n) is 13.0. The zero-order valence-electron chi connectivity index (χ0n) is 23.3. The molecule has 3 aromatic rings. The molecule has 0 aliphatic heterocycles. The third-order valence-electron chi connectivity index (χ3n) is 6.48. The first-order chi connectivity index (χ1) is 18.8. The van der Waals surface area contributed by atoms with Gasteiger partial charge in [0.15, 0.2) is 0 Å². The summed E-state index contributed by atoms with van der Waals surface area (Å²) in [6.45, 7) is 8.62. The van der Waals surface area contributed by atoms with E-state index in [4.69, 9.17) is 23.2 Å². The van der Waals surface area contributed by atoms with E-state index in [1.807, 2.05) is 27.7 Å². The van der Waals surface area contributed by atoms with Crippen LogP contribution in [0.1, 0.15) is 43.9 Å². The second-order valence-electron chi connectivity index (χ2n) is 9.94. The van der Waals surface area contributed by atoms with Crippen LogP contribution in [-0.2, 0) is 26.2 Å². The molecule has 7 nitrogen and oxygen atoms in total. The summed E-state index contributed by atoms with van der Waals surface area (Å²) in [5.74, 6) is -0.845. The molecule has 0 saturated heterocycles. The molecule has 2 amide bonds. The molecule has 10 heteroatoms. The molecule has 0 saturated carbocycles. The van der Waals surface area contributed by atoms with E-state index in [9.17, 15) is 18.0 Å². The Bertz CT molecular complexity index is 1440. The van der Waals surface area contributed by atoms with Gasteiger partial charge in [0, 0.05) is 22.6 Å². The number of nitrogens with zero attached hydrogens (tertiary/aromatic N) is 2. The van der Waals surface area contributed by atoms with Crippen molar-refractivity contribution in [3.05, 3.63) is 93.5 Å². The smallest absolute Gasteiger partial charge is 0.264 e. The number of rotatable bonds is 11. The van der Waals surface area contributed by atoms with Crippen LogP contribution in [0.2, 0.25) is 10.0 Å². The molecule has 0 bridgehead atoms. The number of hydrogen-bond acceptors (Lipinski definition) is 4. The minimum Gasteiger partial charge on any atom is -0.352 e. The molecule has 0 aliphatic rings. The average Bonchev–Trinajstić information content (AvgIpc) is 2.89. The van der Waals surface area contributed by atoms with Crippen LogP contribution in [-0.4, -0.2) is 43.8 Å². The second kappa shape index (κ2) is 13.5. The highest BCUT2D eigenvalue weighted by Crippen LogP contribution is 2.31. The molecule has 0 heterocycles. The number of hydrogen-bond donors (Lipinski definition) is 1. The van der Waals surface area contributed by atoms with Crippen molar-refractivity contribution >= 4 is 50.7 Å². The Morgan fingerprint density at radius 1 is 0.925 bits per heavy atom. The van der Waals surface area contributed by atoms with Gasteiger partial charge in [-0.2, -0.15) is 0 Å². The Morgan fingerprint density at radius 2 is 1.55 bits per heavy atom. The van der Waals surface area contributed by atoms with Crippen LogP contribution in [0, 0.1) is 13.8 Å². The fourth-order valence-corrected chi connectivity index (χ4v) is 6.07. The molecule has 1 atom stereocenters. The van der Waals surface area contributed by atoms with Gasteiger partial charge in [-0.25, -0.2) is 8.42 Å². The quantitative estimate of drug-likeness (QED) is 0.285. The molecule has 1 N–H and O–H groups in total. The van der Waals surface area contributed by atoms with Crippen LogP contribution < -0.4 is 9.62 Å². The maximum Gasteiger partial charge on any atom is 0.264 e. The molecule has 0 unspecified atom stereocenters. The van der Waals surface area contributed by atoms with Gasteiger partial charge < -0.3 is 10.2 Å². The van der Waals surface area contributed by atoms with Gasteiger partial charge in [0.25, 0.3) is 10.0 Å². The Morgan fingerprint density at radius 3 is 2.12 bits per heavy atom. The standard InChI is InChI=1S/C30H35Cl2N3O4S/c1-6-27(30(37)33-20(2)3)34(18-23-12-14-24(31)15-13-23)29(36)19-35(28-9-7-8-26(32)22(28)5)40(38,39)25-16-10-21(4)11-17-25/h7-17,20,27H,6,18-19H2,1-5H3,(H,33,37)/t27-/m0/s1. The summed E-state index contributed by atoms with van der Waals surface area (Å²) in [5.41, 5.74) is 2.45. The summed E-state index contributed by atoms with van der Waals surface area (Å²) >= 11 is 12.4. The summed E-state index contributed by atoms with van der Waals surface area (Å²) < 4.78 is 29.1. The van der Waals surface area contributed by atoms with E-state index < -0.39 is 28.5 Å². The number of halogens is 2. The van der Waals surface area contributed by atoms with E-state index in [-0.39, 0.29) is 29.1 Å². The highest BCUT2D eigenvalue weighted by Gasteiger charge is 2.34. The van der Waals surface area contributed by atoms with Crippen LogP contribution in [0.5, 0.6) is 0 Å². The van der Waals surface area contributed by atoms with Crippen molar-refractivity contribution < 1.29 is 18.0 Å². The van der Waals surface area contributed by atoms with E-state index in [1.54, 1.807) is 61.5 Å². The van der Waals surface area contributed by atoms with E-state index >= 15 is 0 Å². The normalized spacial score (nSPS) is 12.2. The second-order valence-corrected chi connectivity index (χ2v) is 12.7. The average molecular weight is 605 g/mol. The number of anilines is 1. The lowest BCUT2D eigenvalue weighted by atomic mass is 10.1. The number of carbonyl (C=O) groups is 2. The Hall–Kier alpha value is -3.07. The third kappa shape index (κ3) is 7.56. The lowest BCUT2D eigenvalue weighted by molar-refractivity contribution is -0.140. The summed E-state index contributed by atoms with van der Waals surface area (Å²) in [7, 11) is -4.18. The van der Waals surface area contributed by atoms with Gasteiger partial charge in [-0.3, -0.25) is 13.9 Å². The summed E-state index contributed by atoms with van der Waals surface area (Å²) in [6.07, 6.45) is 0.332. The fraction of sp³-hybridized carbons (Fsp3) is 0.333. The minimum atomic E-state index is -4.18. The highest BCUT2D eigenvalue weighted by molar-refractivity contribution is 7.92. The van der Waals surface area contributed by atoms with Crippen LogP contribution >= 0.6 is 23.2 Å². The SMILES string of the molecule is CC[C@@H](C(=O)NC(C)C)N(Cc1ccc(Cl)cc1)C(=O)CN(c1cccc(Cl)c1C)S(=O)(=O)c1ccc(C)cc1. The van der Waals surface area contributed by atoms with Crippen molar-refractivity contribution in [3.8, 4) is 0 Å². The predicted molar refractivity (Wildman–Crippen MR) is 161 cm³/mol. The van der Waals surface area contributed by atoms with Gasteiger partial charge in [0.05, 0.1) is 10.6 Å². The van der Waals surface area contributed by atoms with Crippen LogP contribution in [0.25, 0.3) is 0 Å². The Balaban J connectivity index is 2.10. The van der Waals surface area contributed by atoms with Gasteiger partial charge in [0.1, 0.15) is 12.6 Å². The van der Waals surface area contributed by atoms with Gasteiger partial charge in [0.2, 0.25) is 11.8 Å². The molecule has 3 rings (SSSR count). The topological polar surface area (TPSA) is 86.8 Å². The number of sulfonamides is 1. The molecule has 40 heavy (non-hydrogen) atoms. The molecular formula is C30H35Cl2N3O4S. The van der Waals surface area contributed by atoms with E-state index in [1.165, 1.54) is 17.0 Å². The Labute approximate surface area is 247 Å². The Kier molecular flexibility index (Phi) is 10.6. The van der Waals surface area contributed by atoms with Crippen molar-refractivity contribution in [1.29, 1.82) is 0 Å². The van der Waals surface area contributed by atoms with Gasteiger partial charge in [-0.05, 0) is 81.6 Å². The number of nitrogens with one attached hydrogen (secondary N) is 1. The largest absolute Gasteiger partial charge is 0.352 e. The fourth-order valence-electron chi connectivity index (χ4n) is 4.30. The number of carbonyl (C=O) groups excluding carboxylic acids is 2. The lowest BCUT2D eigenvalue weighted by Crippen LogP contribution is -2.53. The van der Waals surface area contributed by atoms with E-state index in [2.05, 4.69) is 5.32 Å². The zero-order chi connectivity index (χ0) is 29.6. The van der Waals surface area contributed by atoms with Gasteiger partial charge >= 0.3 is 0 Å². The monoisotopic (exact) mass is 603 g/mol. The van der Waals surface area contributed by atoms with E-state index in [0.29, 0.717) is 22.0 Å². The van der Waals surface area contributed by atoms with Crippen molar-refractivity contribution in [3.63, 3.8) is 0 Å². The van der Waals surface area contributed by atoms with Crippen LogP contribution in [0.4, 0.5) is 5.69 Å². The van der Waals surface area contributed by atoms with Gasteiger partial charge in [-0.15, -0.1) is 0 Å². The zero-order valence-corrected chi connectivity index (χ0v) is 25.6. The molecule has 0 fully saturated rings. The minimum absolute atomic E-state index is 0.0409. The summed E-state index contributed by atoms with van der Waals surface area (Å²) in [5, 5.41) is 3.79. The van der Waals surface area contributed by atoms with Crippen LogP contribution in [0.15, 0.2) is 71.6 Å². The number of benzene rings is 3. The lowest BCUT2D eigenvalue weighted by Gasteiger charge is -2.34. The third-order valence-corrected chi connectivity index (χ3v) is 8.91. The summed E-state index contributed by atoms with van der Waals surface area (Å²) in [6, 6.07) is 17.4. The number of aryl methyl sites for hydroxylation is 1. The molecule has 0 aromatic heterocycles. The predicted octanol–water partition coefficient (Wildman–Crippen LogP) is 6.14. The molecule has 214 valence electrons. The molecule has 0 radical (unpaired) electrons. The molecular weight excluding hydrogens is 569 g/mol. The maximum absolute atomic E-state index is 14.1. The first kappa shape index (κ1) is 31.5. The molecule has 0 spiro atoms. The van der Waals surface area contributed by atoms with Crippen LogP contribution in [0.3, 0.4) is 0 Å². The van der Waals surface area contributed by atoms with E-state index in [0.717, 1.165) is 15.4 Å². The van der Waals surface area contributed by atoms with Gasteiger partial charge in [-0.1, -0.05) is 66.0 Å². The molecule has 0 aliphatic carbocycles. The van der Waals surface area contributed by atoms with Crippen molar-refractivity contribution in [1.82, 2.24) is 10.2 Å². The van der Waals surface area contributed by atoms with Crippen molar-refractivity contribution in [2.24, 2.45) is 0 Å². The number of amides is 2. The summed E-state index contributed by atoms with van der Waals surface area (Å²) in [4.78, 5) is 28.8. The van der Waals surface area contributed by atoms with Crippen molar-refractivity contribution in [2.45, 2.75) is 64.6 Å². The highest BCUT2D eigenvalue weighted by atomic mass is 35.5. The van der Waals surface area contributed by atoms with Crippen molar-refractivity contribution in [2.75, 3.05) is 10.8 Å². The maximum atomic E-state index is 14.1. The molecule has 3 aromatic carbocycles.